The van der Waals surface area contributed by atoms with Crippen molar-refractivity contribution in [2.45, 2.75) is 20.3 Å². The predicted octanol–water partition coefficient (Wildman–Crippen LogP) is 3.68. The molecular formula is C21H23N3O2S. The van der Waals surface area contributed by atoms with Crippen LogP contribution in [0.1, 0.15) is 16.7 Å². The molecule has 0 aliphatic carbocycles. The highest BCUT2D eigenvalue weighted by Gasteiger charge is 2.07. The maximum Gasteiger partial charge on any atom is 0.251 e. The van der Waals surface area contributed by atoms with Gasteiger partial charge in [0.25, 0.3) is 5.56 Å². The molecule has 0 radical (unpaired) electrons. The largest absolute Gasteiger partial charge is 0.497 e. The monoisotopic (exact) mass is 381 g/mol. The normalized spacial score (nSPS) is 10.6. The molecule has 27 heavy (non-hydrogen) atoms. The van der Waals surface area contributed by atoms with Gasteiger partial charge in [-0.25, -0.2) is 0 Å². The Kier molecular flexibility index (Phi) is 5.76. The minimum atomic E-state index is -0.0512. The number of thiocarbonyl (C=S) groups is 1. The van der Waals surface area contributed by atoms with Crippen LogP contribution in [0, 0.1) is 13.8 Å². The average molecular weight is 382 g/mol. The molecule has 0 fully saturated rings. The van der Waals surface area contributed by atoms with E-state index < -0.39 is 0 Å². The van der Waals surface area contributed by atoms with E-state index in [0.29, 0.717) is 18.1 Å². The lowest BCUT2D eigenvalue weighted by atomic mass is 10.0. The number of ether oxygens (including phenoxy) is 1. The zero-order chi connectivity index (χ0) is 19.4. The van der Waals surface area contributed by atoms with Crippen molar-refractivity contribution in [3.63, 3.8) is 0 Å². The number of methoxy groups -OCH3 is 1. The molecule has 3 aromatic rings. The SMILES string of the molecule is COc1cccc(NC(=S)NCCc2cc3c(C)ccc(C)c3[nH]c2=O)c1. The van der Waals surface area contributed by atoms with Crippen molar-refractivity contribution in [3.8, 4) is 5.75 Å². The molecule has 0 aliphatic rings. The lowest BCUT2D eigenvalue weighted by molar-refractivity contribution is 0.415. The van der Waals surface area contributed by atoms with Gasteiger partial charge in [0.05, 0.1) is 12.6 Å². The van der Waals surface area contributed by atoms with Crippen LogP contribution >= 0.6 is 12.2 Å². The molecule has 0 spiro atoms. The molecule has 0 saturated carbocycles. The molecule has 0 bridgehead atoms. The highest BCUT2D eigenvalue weighted by Crippen LogP contribution is 2.20. The van der Waals surface area contributed by atoms with Crippen LogP contribution in [0.25, 0.3) is 10.9 Å². The summed E-state index contributed by atoms with van der Waals surface area (Å²) in [4.78, 5) is 15.4. The first-order valence-electron chi connectivity index (χ1n) is 8.79. The Morgan fingerprint density at radius 2 is 1.93 bits per heavy atom. The lowest BCUT2D eigenvalue weighted by Gasteiger charge is -2.12. The van der Waals surface area contributed by atoms with Gasteiger partial charge in [-0.2, -0.15) is 0 Å². The number of nitrogens with one attached hydrogen (secondary N) is 3. The number of fused-ring (bicyclic) bond motifs is 1. The Morgan fingerprint density at radius 3 is 2.70 bits per heavy atom. The van der Waals surface area contributed by atoms with Crippen LogP contribution in [0.3, 0.4) is 0 Å². The number of hydrogen-bond donors (Lipinski definition) is 3. The molecule has 3 rings (SSSR count). The lowest BCUT2D eigenvalue weighted by Crippen LogP contribution is -2.31. The summed E-state index contributed by atoms with van der Waals surface area (Å²) in [5, 5.41) is 7.86. The van der Waals surface area contributed by atoms with Gasteiger partial charge in [-0.05, 0) is 61.8 Å². The molecular weight excluding hydrogens is 358 g/mol. The molecule has 0 unspecified atom stereocenters. The average Bonchev–Trinajstić information content (AvgIpc) is 2.66. The fourth-order valence-electron chi connectivity index (χ4n) is 2.99. The molecule has 5 nitrogen and oxygen atoms in total. The second kappa shape index (κ2) is 8.22. The van der Waals surface area contributed by atoms with Gasteiger partial charge in [0.2, 0.25) is 0 Å². The number of aromatic amines is 1. The molecule has 140 valence electrons. The van der Waals surface area contributed by atoms with E-state index in [4.69, 9.17) is 17.0 Å². The summed E-state index contributed by atoms with van der Waals surface area (Å²) in [6.45, 7) is 4.62. The van der Waals surface area contributed by atoms with E-state index in [1.165, 1.54) is 0 Å². The highest BCUT2D eigenvalue weighted by atomic mass is 32.1. The van der Waals surface area contributed by atoms with Gasteiger partial charge >= 0.3 is 0 Å². The Balaban J connectivity index is 1.64. The van der Waals surface area contributed by atoms with Crippen LogP contribution in [-0.4, -0.2) is 23.8 Å². The zero-order valence-corrected chi connectivity index (χ0v) is 16.5. The maximum atomic E-state index is 12.4. The molecule has 0 saturated heterocycles. The fraction of sp³-hybridized carbons (Fsp3) is 0.238. The quantitative estimate of drug-likeness (QED) is 0.589. The van der Waals surface area contributed by atoms with Crippen molar-refractivity contribution in [1.29, 1.82) is 0 Å². The molecule has 6 heteroatoms. The van der Waals surface area contributed by atoms with Crippen molar-refractivity contribution in [2.75, 3.05) is 19.0 Å². The van der Waals surface area contributed by atoms with Crippen LogP contribution in [0.5, 0.6) is 5.75 Å². The molecule has 0 amide bonds. The summed E-state index contributed by atoms with van der Waals surface area (Å²) >= 11 is 5.33. The van der Waals surface area contributed by atoms with Crippen LogP contribution in [0.15, 0.2) is 47.3 Å². The number of benzene rings is 2. The van der Waals surface area contributed by atoms with Crippen molar-refractivity contribution < 1.29 is 4.74 Å². The topological polar surface area (TPSA) is 66.2 Å². The number of anilines is 1. The van der Waals surface area contributed by atoms with Gasteiger partial charge in [0.1, 0.15) is 5.75 Å². The Labute approximate surface area is 163 Å². The third-order valence-electron chi connectivity index (χ3n) is 4.53. The molecule has 1 aromatic heterocycles. The van der Waals surface area contributed by atoms with Crippen molar-refractivity contribution in [2.24, 2.45) is 0 Å². The number of pyridine rings is 1. The standard InChI is InChI=1S/C21H23N3O2S/c1-13-7-8-14(2)19-18(13)11-15(20(25)24-19)9-10-22-21(27)23-16-5-4-6-17(12-16)26-3/h4-8,11-12H,9-10H2,1-3H3,(H,24,25)(H2,22,23,27). The van der Waals surface area contributed by atoms with Gasteiger partial charge in [-0.1, -0.05) is 18.2 Å². The molecule has 0 aliphatic heterocycles. The van der Waals surface area contributed by atoms with Crippen molar-refractivity contribution in [3.05, 3.63) is 69.5 Å². The Hall–Kier alpha value is -2.86. The Morgan fingerprint density at radius 1 is 1.15 bits per heavy atom. The van der Waals surface area contributed by atoms with E-state index in [1.807, 2.05) is 43.3 Å². The second-order valence-electron chi connectivity index (χ2n) is 6.47. The summed E-state index contributed by atoms with van der Waals surface area (Å²) in [5.74, 6) is 0.760. The summed E-state index contributed by atoms with van der Waals surface area (Å²) in [5.41, 5.74) is 4.67. The number of aryl methyl sites for hydroxylation is 2. The van der Waals surface area contributed by atoms with Gasteiger partial charge in [-0.3, -0.25) is 4.79 Å². The van der Waals surface area contributed by atoms with Crippen molar-refractivity contribution in [1.82, 2.24) is 10.3 Å². The van der Waals surface area contributed by atoms with E-state index in [0.717, 1.165) is 39.0 Å². The third kappa shape index (κ3) is 4.46. The first kappa shape index (κ1) is 18.9. The van der Waals surface area contributed by atoms with Gasteiger partial charge in [0.15, 0.2) is 5.11 Å². The highest BCUT2D eigenvalue weighted by molar-refractivity contribution is 7.80. The van der Waals surface area contributed by atoms with E-state index in [-0.39, 0.29) is 5.56 Å². The number of rotatable bonds is 5. The molecule has 1 heterocycles. The van der Waals surface area contributed by atoms with Crippen LogP contribution < -0.4 is 20.9 Å². The van der Waals surface area contributed by atoms with Crippen LogP contribution in [0.4, 0.5) is 5.69 Å². The second-order valence-corrected chi connectivity index (χ2v) is 6.88. The van der Waals surface area contributed by atoms with Gasteiger partial charge in [-0.15, -0.1) is 0 Å². The predicted molar refractivity (Wildman–Crippen MR) is 115 cm³/mol. The number of aromatic nitrogens is 1. The molecule has 2 aromatic carbocycles. The van der Waals surface area contributed by atoms with E-state index in [1.54, 1.807) is 7.11 Å². The van der Waals surface area contributed by atoms with E-state index in [9.17, 15) is 4.79 Å². The summed E-state index contributed by atoms with van der Waals surface area (Å²) in [7, 11) is 1.62. The first-order chi connectivity index (χ1) is 13.0. The summed E-state index contributed by atoms with van der Waals surface area (Å²) < 4.78 is 5.20. The van der Waals surface area contributed by atoms with Gasteiger partial charge < -0.3 is 20.4 Å². The minimum Gasteiger partial charge on any atom is -0.497 e. The number of H-pyrrole nitrogens is 1. The summed E-state index contributed by atoms with van der Waals surface area (Å²) in [6, 6.07) is 13.6. The van der Waals surface area contributed by atoms with Crippen LogP contribution in [-0.2, 0) is 6.42 Å². The van der Waals surface area contributed by atoms with E-state index in [2.05, 4.69) is 28.6 Å². The fourth-order valence-corrected chi connectivity index (χ4v) is 3.21. The zero-order valence-electron chi connectivity index (χ0n) is 15.7. The number of hydrogen-bond acceptors (Lipinski definition) is 3. The molecule has 3 N–H and O–H groups in total. The maximum absolute atomic E-state index is 12.4. The Bertz CT molecular complexity index is 1040. The van der Waals surface area contributed by atoms with Crippen LogP contribution in [0.2, 0.25) is 0 Å². The van der Waals surface area contributed by atoms with Gasteiger partial charge in [0, 0.05) is 29.2 Å². The van der Waals surface area contributed by atoms with E-state index >= 15 is 0 Å². The first-order valence-corrected chi connectivity index (χ1v) is 9.20. The molecule has 0 atom stereocenters. The minimum absolute atomic E-state index is 0.0512. The smallest absolute Gasteiger partial charge is 0.251 e. The van der Waals surface area contributed by atoms with Crippen molar-refractivity contribution >= 4 is 33.9 Å². The third-order valence-corrected chi connectivity index (χ3v) is 4.77. The summed E-state index contributed by atoms with van der Waals surface area (Å²) in [6.07, 6.45) is 0.582.